The standard InChI is InChI=1S/C10H8F3N3O2/c11-10(12,13)6-2-1-3-7(4-6)16-9(17)18-8(5-14)15-16/h1-4H,5,14H2. The van der Waals surface area contributed by atoms with Crippen LogP contribution >= 0.6 is 0 Å². The van der Waals surface area contributed by atoms with Crippen LogP contribution in [0.2, 0.25) is 0 Å². The molecule has 1 aromatic carbocycles. The lowest BCUT2D eigenvalue weighted by Gasteiger charge is -2.07. The van der Waals surface area contributed by atoms with Gasteiger partial charge < -0.3 is 10.2 Å². The van der Waals surface area contributed by atoms with Gasteiger partial charge in [-0.05, 0) is 18.2 Å². The lowest BCUT2D eigenvalue weighted by molar-refractivity contribution is -0.137. The van der Waals surface area contributed by atoms with Crippen molar-refractivity contribution in [2.24, 2.45) is 5.73 Å². The lowest BCUT2D eigenvalue weighted by Crippen LogP contribution is -2.14. The van der Waals surface area contributed by atoms with Crippen molar-refractivity contribution in [1.29, 1.82) is 0 Å². The number of nitrogens with zero attached hydrogens (tertiary/aromatic N) is 2. The summed E-state index contributed by atoms with van der Waals surface area (Å²) in [6.45, 7) is -0.110. The van der Waals surface area contributed by atoms with Crippen molar-refractivity contribution in [1.82, 2.24) is 9.78 Å². The van der Waals surface area contributed by atoms with Crippen molar-refractivity contribution in [2.45, 2.75) is 12.7 Å². The molecule has 0 aliphatic heterocycles. The van der Waals surface area contributed by atoms with Gasteiger partial charge in [0, 0.05) is 0 Å². The minimum Gasteiger partial charge on any atom is -0.391 e. The highest BCUT2D eigenvalue weighted by atomic mass is 19.4. The Labute approximate surface area is 98.6 Å². The van der Waals surface area contributed by atoms with E-state index < -0.39 is 17.5 Å². The van der Waals surface area contributed by atoms with Gasteiger partial charge in [0.15, 0.2) is 0 Å². The Balaban J connectivity index is 2.51. The summed E-state index contributed by atoms with van der Waals surface area (Å²) in [5.41, 5.74) is 4.32. The summed E-state index contributed by atoms with van der Waals surface area (Å²) >= 11 is 0. The van der Waals surface area contributed by atoms with E-state index in [1.807, 2.05) is 0 Å². The molecule has 0 spiro atoms. The molecule has 0 unspecified atom stereocenters. The number of hydrogen-bond acceptors (Lipinski definition) is 4. The molecule has 0 saturated heterocycles. The van der Waals surface area contributed by atoms with Crippen molar-refractivity contribution in [3.05, 3.63) is 46.3 Å². The summed E-state index contributed by atoms with van der Waals surface area (Å²) in [4.78, 5) is 11.4. The van der Waals surface area contributed by atoms with Gasteiger partial charge in [-0.15, -0.1) is 5.10 Å². The summed E-state index contributed by atoms with van der Waals surface area (Å²) < 4.78 is 42.9. The average Bonchev–Trinajstić information content (AvgIpc) is 2.70. The zero-order valence-electron chi connectivity index (χ0n) is 8.94. The Hall–Kier alpha value is -2.09. The van der Waals surface area contributed by atoms with Gasteiger partial charge in [-0.3, -0.25) is 0 Å². The molecule has 5 nitrogen and oxygen atoms in total. The monoisotopic (exact) mass is 259 g/mol. The van der Waals surface area contributed by atoms with Crippen LogP contribution in [0, 0.1) is 0 Å². The molecule has 96 valence electrons. The highest BCUT2D eigenvalue weighted by Crippen LogP contribution is 2.29. The molecule has 8 heteroatoms. The van der Waals surface area contributed by atoms with Crippen molar-refractivity contribution < 1.29 is 17.6 Å². The fraction of sp³-hybridized carbons (Fsp3) is 0.200. The number of halogens is 3. The van der Waals surface area contributed by atoms with Crippen molar-refractivity contribution in [2.75, 3.05) is 0 Å². The molecule has 0 bridgehead atoms. The molecule has 0 fully saturated rings. The number of hydrogen-bond donors (Lipinski definition) is 1. The Morgan fingerprint density at radius 3 is 2.67 bits per heavy atom. The SMILES string of the molecule is NCc1nn(-c2cccc(C(F)(F)F)c2)c(=O)o1. The number of benzene rings is 1. The first kappa shape index (κ1) is 12.4. The maximum Gasteiger partial charge on any atom is 0.442 e. The second-order valence-corrected chi connectivity index (χ2v) is 3.43. The molecule has 2 N–H and O–H groups in total. The summed E-state index contributed by atoms with van der Waals surface area (Å²) in [6.07, 6.45) is -4.49. The maximum atomic E-state index is 12.5. The van der Waals surface area contributed by atoms with Crippen LogP contribution in [-0.4, -0.2) is 9.78 Å². The summed E-state index contributed by atoms with van der Waals surface area (Å²) in [7, 11) is 0. The highest BCUT2D eigenvalue weighted by Gasteiger charge is 2.30. The lowest BCUT2D eigenvalue weighted by atomic mass is 10.2. The van der Waals surface area contributed by atoms with E-state index in [1.54, 1.807) is 0 Å². The summed E-state index contributed by atoms with van der Waals surface area (Å²) in [5, 5.41) is 3.67. The first-order valence-electron chi connectivity index (χ1n) is 4.88. The maximum absolute atomic E-state index is 12.5. The van der Waals surface area contributed by atoms with Gasteiger partial charge >= 0.3 is 11.9 Å². The van der Waals surface area contributed by atoms with E-state index in [9.17, 15) is 18.0 Å². The van der Waals surface area contributed by atoms with Gasteiger partial charge in [-0.2, -0.15) is 17.9 Å². The Bertz CT molecular complexity index is 615. The van der Waals surface area contributed by atoms with Crippen molar-refractivity contribution in [3.8, 4) is 5.69 Å². The van der Waals surface area contributed by atoms with E-state index >= 15 is 0 Å². The molecule has 0 aliphatic carbocycles. The predicted molar refractivity (Wildman–Crippen MR) is 55.0 cm³/mol. The third-order valence-corrected chi connectivity index (χ3v) is 2.18. The van der Waals surface area contributed by atoms with Crippen LogP contribution in [0.5, 0.6) is 0 Å². The number of rotatable bonds is 2. The van der Waals surface area contributed by atoms with E-state index in [4.69, 9.17) is 5.73 Å². The molecule has 0 amide bonds. The first-order valence-corrected chi connectivity index (χ1v) is 4.88. The minimum atomic E-state index is -4.49. The number of alkyl halides is 3. The smallest absolute Gasteiger partial charge is 0.391 e. The number of aromatic nitrogens is 2. The second-order valence-electron chi connectivity index (χ2n) is 3.43. The molecule has 0 saturated carbocycles. The number of nitrogens with two attached hydrogens (primary N) is 1. The zero-order chi connectivity index (χ0) is 13.3. The summed E-state index contributed by atoms with van der Waals surface area (Å²) in [5.74, 6) is -0.924. The van der Waals surface area contributed by atoms with Crippen LogP contribution in [0.4, 0.5) is 13.2 Å². The highest BCUT2D eigenvalue weighted by molar-refractivity contribution is 5.35. The third kappa shape index (κ3) is 2.28. The molecular formula is C10H8F3N3O2. The molecular weight excluding hydrogens is 251 g/mol. The molecule has 0 atom stereocenters. The van der Waals surface area contributed by atoms with E-state index in [2.05, 4.69) is 9.52 Å². The van der Waals surface area contributed by atoms with Crippen LogP contribution in [-0.2, 0) is 12.7 Å². The van der Waals surface area contributed by atoms with E-state index in [0.29, 0.717) is 0 Å². The average molecular weight is 259 g/mol. The molecule has 2 aromatic rings. The quantitative estimate of drug-likeness (QED) is 0.882. The van der Waals surface area contributed by atoms with Gasteiger partial charge in [-0.1, -0.05) is 6.07 Å². The Morgan fingerprint density at radius 2 is 2.11 bits per heavy atom. The Morgan fingerprint density at radius 1 is 1.39 bits per heavy atom. The van der Waals surface area contributed by atoms with Gasteiger partial charge in [-0.25, -0.2) is 4.79 Å². The van der Waals surface area contributed by atoms with Crippen LogP contribution in [0.3, 0.4) is 0 Å². The normalized spacial score (nSPS) is 11.8. The third-order valence-electron chi connectivity index (χ3n) is 2.18. The fourth-order valence-corrected chi connectivity index (χ4v) is 1.38. The van der Waals surface area contributed by atoms with Gasteiger partial charge in [0.25, 0.3) is 0 Å². The van der Waals surface area contributed by atoms with Crippen molar-refractivity contribution in [3.63, 3.8) is 0 Å². The summed E-state index contributed by atoms with van der Waals surface area (Å²) in [6, 6.07) is 4.21. The predicted octanol–water partition coefficient (Wildman–Crippen LogP) is 1.30. The van der Waals surface area contributed by atoms with E-state index in [-0.39, 0.29) is 18.1 Å². The van der Waals surface area contributed by atoms with Crippen LogP contribution < -0.4 is 11.5 Å². The topological polar surface area (TPSA) is 74.0 Å². The van der Waals surface area contributed by atoms with Gasteiger partial charge in [0.1, 0.15) is 0 Å². The molecule has 1 heterocycles. The molecule has 1 aromatic heterocycles. The Kier molecular flexibility index (Phi) is 2.95. The molecule has 0 aliphatic rings. The van der Waals surface area contributed by atoms with Gasteiger partial charge in [0.05, 0.1) is 17.8 Å². The van der Waals surface area contributed by atoms with E-state index in [1.165, 1.54) is 12.1 Å². The largest absolute Gasteiger partial charge is 0.442 e. The molecule has 0 radical (unpaired) electrons. The zero-order valence-corrected chi connectivity index (χ0v) is 8.94. The molecule has 18 heavy (non-hydrogen) atoms. The molecule has 2 rings (SSSR count). The van der Waals surface area contributed by atoms with Crippen LogP contribution in [0.25, 0.3) is 5.69 Å². The van der Waals surface area contributed by atoms with Crippen molar-refractivity contribution >= 4 is 0 Å². The second kappa shape index (κ2) is 4.30. The van der Waals surface area contributed by atoms with Gasteiger partial charge in [0.2, 0.25) is 5.89 Å². The van der Waals surface area contributed by atoms with Crippen LogP contribution in [0.1, 0.15) is 11.5 Å². The van der Waals surface area contributed by atoms with E-state index in [0.717, 1.165) is 16.8 Å². The fourth-order valence-electron chi connectivity index (χ4n) is 1.38. The van der Waals surface area contributed by atoms with Crippen LogP contribution in [0.15, 0.2) is 33.5 Å². The minimum absolute atomic E-state index is 0.0294. The first-order chi connectivity index (χ1) is 8.41.